The molecule has 25 heavy (non-hydrogen) atoms. The summed E-state index contributed by atoms with van der Waals surface area (Å²) in [5, 5.41) is 4.49. The molecule has 1 N–H and O–H groups in total. The molecular formula is C19H24ClN3O2. The third kappa shape index (κ3) is 5.36. The smallest absolute Gasteiger partial charge is 0.277 e. The zero-order valence-electron chi connectivity index (χ0n) is 15.0. The van der Waals surface area contributed by atoms with Crippen LogP contribution < -0.4 is 10.2 Å². The van der Waals surface area contributed by atoms with E-state index in [0.29, 0.717) is 16.7 Å². The number of hydrazone groups is 1. The fourth-order valence-electron chi connectivity index (χ4n) is 2.52. The number of benzene rings is 1. The van der Waals surface area contributed by atoms with Crippen LogP contribution in [0.1, 0.15) is 30.8 Å². The maximum absolute atomic E-state index is 11.8. The van der Waals surface area contributed by atoms with Crippen molar-refractivity contribution in [3.8, 4) is 5.75 Å². The van der Waals surface area contributed by atoms with Gasteiger partial charge in [0.25, 0.3) is 5.91 Å². The van der Waals surface area contributed by atoms with E-state index in [4.69, 9.17) is 16.3 Å². The molecule has 0 fully saturated rings. The van der Waals surface area contributed by atoms with E-state index in [9.17, 15) is 4.79 Å². The van der Waals surface area contributed by atoms with E-state index in [1.807, 2.05) is 0 Å². The monoisotopic (exact) mass is 361 g/mol. The second-order valence-corrected chi connectivity index (χ2v) is 6.75. The first-order valence-corrected chi connectivity index (χ1v) is 8.62. The number of nitrogens with one attached hydrogen (secondary N) is 1. The van der Waals surface area contributed by atoms with Crippen LogP contribution in [0.3, 0.4) is 0 Å². The second-order valence-electron chi connectivity index (χ2n) is 6.34. The Kier molecular flexibility index (Phi) is 6.65. The molecule has 1 heterocycles. The number of ether oxygens (including phenoxy) is 1. The van der Waals surface area contributed by atoms with Crippen LogP contribution in [0.2, 0.25) is 5.02 Å². The van der Waals surface area contributed by atoms with E-state index in [0.717, 1.165) is 17.8 Å². The number of halogens is 1. The molecule has 2 rings (SSSR count). The Bertz CT molecular complexity index is 766. The number of amides is 1. The fraction of sp³-hybridized carbons (Fsp3) is 0.368. The molecule has 0 aliphatic rings. The van der Waals surface area contributed by atoms with Crippen LogP contribution in [-0.4, -0.2) is 23.3 Å². The number of aromatic nitrogens is 1. The molecule has 0 unspecified atom stereocenters. The lowest BCUT2D eigenvalue weighted by Crippen LogP contribution is -2.24. The highest BCUT2D eigenvalue weighted by Gasteiger charge is 2.09. The van der Waals surface area contributed by atoms with Gasteiger partial charge in [-0.3, -0.25) is 4.79 Å². The molecule has 1 aromatic heterocycles. The van der Waals surface area contributed by atoms with Gasteiger partial charge in [0.1, 0.15) is 5.75 Å². The number of carbonyl (C=O) groups excluding carboxylic acids is 1. The van der Waals surface area contributed by atoms with E-state index in [1.165, 1.54) is 5.69 Å². The van der Waals surface area contributed by atoms with Crippen LogP contribution in [0.4, 0.5) is 0 Å². The van der Waals surface area contributed by atoms with Crippen molar-refractivity contribution in [3.63, 3.8) is 0 Å². The van der Waals surface area contributed by atoms with E-state index in [2.05, 4.69) is 48.9 Å². The average Bonchev–Trinajstić information content (AvgIpc) is 2.81. The van der Waals surface area contributed by atoms with E-state index < -0.39 is 0 Å². The molecule has 0 aliphatic carbocycles. The Morgan fingerprint density at radius 1 is 1.36 bits per heavy atom. The molecule has 0 bridgehead atoms. The zero-order valence-corrected chi connectivity index (χ0v) is 15.8. The van der Waals surface area contributed by atoms with Crippen molar-refractivity contribution in [2.45, 2.75) is 34.2 Å². The Morgan fingerprint density at radius 2 is 2.08 bits per heavy atom. The van der Waals surface area contributed by atoms with Crippen LogP contribution in [0, 0.1) is 19.8 Å². The molecule has 134 valence electrons. The molecule has 5 nitrogen and oxygen atoms in total. The topological polar surface area (TPSA) is 55.6 Å². The minimum atomic E-state index is -0.341. The number of rotatable bonds is 7. The normalized spacial score (nSPS) is 11.3. The third-order valence-electron chi connectivity index (χ3n) is 3.75. The van der Waals surface area contributed by atoms with Gasteiger partial charge >= 0.3 is 0 Å². The van der Waals surface area contributed by atoms with Gasteiger partial charge in [0.2, 0.25) is 0 Å². The molecule has 0 radical (unpaired) electrons. The van der Waals surface area contributed by atoms with Gasteiger partial charge in [-0.15, -0.1) is 0 Å². The fourth-order valence-corrected chi connectivity index (χ4v) is 2.71. The molecule has 0 atom stereocenters. The van der Waals surface area contributed by atoms with Gasteiger partial charge in [-0.25, -0.2) is 5.43 Å². The highest BCUT2D eigenvalue weighted by atomic mass is 35.5. The van der Waals surface area contributed by atoms with Crippen molar-refractivity contribution in [1.82, 2.24) is 9.99 Å². The Hall–Kier alpha value is -2.27. The highest BCUT2D eigenvalue weighted by molar-refractivity contribution is 6.32. The largest absolute Gasteiger partial charge is 0.482 e. The summed E-state index contributed by atoms with van der Waals surface area (Å²) in [5.41, 5.74) is 5.78. The summed E-state index contributed by atoms with van der Waals surface area (Å²) >= 11 is 5.97. The van der Waals surface area contributed by atoms with Crippen molar-refractivity contribution in [2.24, 2.45) is 11.0 Å². The third-order valence-corrected chi connectivity index (χ3v) is 4.06. The highest BCUT2D eigenvalue weighted by Crippen LogP contribution is 2.22. The summed E-state index contributed by atoms with van der Waals surface area (Å²) in [6.07, 6.45) is 1.66. The lowest BCUT2D eigenvalue weighted by molar-refractivity contribution is -0.123. The maximum Gasteiger partial charge on any atom is 0.277 e. The summed E-state index contributed by atoms with van der Waals surface area (Å²) < 4.78 is 7.63. The second kappa shape index (κ2) is 8.72. The first kappa shape index (κ1) is 19.1. The number of aryl methyl sites for hydroxylation is 1. The van der Waals surface area contributed by atoms with Crippen molar-refractivity contribution >= 4 is 23.7 Å². The summed E-state index contributed by atoms with van der Waals surface area (Å²) in [6, 6.07) is 9.08. The van der Waals surface area contributed by atoms with Crippen molar-refractivity contribution in [3.05, 3.63) is 52.3 Å². The van der Waals surface area contributed by atoms with Crippen LogP contribution in [0.5, 0.6) is 5.75 Å². The Balaban J connectivity index is 1.90. The number of carbonyl (C=O) groups is 1. The molecule has 6 heteroatoms. The molecule has 0 spiro atoms. The predicted molar refractivity (Wildman–Crippen MR) is 101 cm³/mol. The van der Waals surface area contributed by atoms with Crippen LogP contribution in [0.25, 0.3) is 0 Å². The van der Waals surface area contributed by atoms with Crippen molar-refractivity contribution in [1.29, 1.82) is 0 Å². The number of nitrogens with zero attached hydrogens (tertiary/aromatic N) is 2. The van der Waals surface area contributed by atoms with Crippen LogP contribution >= 0.6 is 11.6 Å². The van der Waals surface area contributed by atoms with Gasteiger partial charge < -0.3 is 9.30 Å². The predicted octanol–water partition coefficient (Wildman–Crippen LogP) is 3.94. The van der Waals surface area contributed by atoms with Gasteiger partial charge in [-0.05, 0) is 38.0 Å². The molecule has 1 aromatic carbocycles. The van der Waals surface area contributed by atoms with E-state index >= 15 is 0 Å². The van der Waals surface area contributed by atoms with E-state index in [-0.39, 0.29) is 12.5 Å². The molecule has 0 aliphatic heterocycles. The SMILES string of the molecule is Cc1cc(/C=N/NC(=O)COc2ccccc2Cl)c(C)n1CC(C)C. The van der Waals surface area contributed by atoms with Crippen molar-refractivity contribution in [2.75, 3.05) is 6.61 Å². The van der Waals surface area contributed by atoms with Crippen LogP contribution in [-0.2, 0) is 11.3 Å². The summed E-state index contributed by atoms with van der Waals surface area (Å²) in [4.78, 5) is 11.8. The van der Waals surface area contributed by atoms with Gasteiger partial charge in [0, 0.05) is 23.5 Å². The number of hydrogen-bond donors (Lipinski definition) is 1. The summed E-state index contributed by atoms with van der Waals surface area (Å²) in [6.45, 7) is 9.32. The summed E-state index contributed by atoms with van der Waals surface area (Å²) in [7, 11) is 0. The van der Waals surface area contributed by atoms with Gasteiger partial charge in [0.15, 0.2) is 6.61 Å². The molecular weight excluding hydrogens is 338 g/mol. The molecule has 1 amide bonds. The van der Waals surface area contributed by atoms with Gasteiger partial charge in [-0.1, -0.05) is 37.6 Å². The quantitative estimate of drug-likeness (QED) is 0.599. The van der Waals surface area contributed by atoms with Crippen molar-refractivity contribution < 1.29 is 9.53 Å². The Morgan fingerprint density at radius 3 is 2.76 bits per heavy atom. The maximum atomic E-state index is 11.8. The summed E-state index contributed by atoms with van der Waals surface area (Å²) in [5.74, 6) is 0.698. The zero-order chi connectivity index (χ0) is 18.4. The first-order valence-electron chi connectivity index (χ1n) is 8.24. The standard InChI is InChI=1S/C19H24ClN3O2/c1-13(2)11-23-14(3)9-16(15(23)4)10-21-22-19(24)12-25-18-8-6-5-7-17(18)20/h5-10,13H,11-12H2,1-4H3,(H,22,24)/b21-10+. The lowest BCUT2D eigenvalue weighted by atomic mass is 10.2. The first-order chi connectivity index (χ1) is 11.9. The van der Waals surface area contributed by atoms with Gasteiger partial charge in [0.05, 0.1) is 11.2 Å². The minimum Gasteiger partial charge on any atom is -0.482 e. The average molecular weight is 362 g/mol. The van der Waals surface area contributed by atoms with Crippen LogP contribution in [0.15, 0.2) is 35.4 Å². The lowest BCUT2D eigenvalue weighted by Gasteiger charge is -2.11. The minimum absolute atomic E-state index is 0.145. The molecule has 0 saturated heterocycles. The molecule has 0 saturated carbocycles. The van der Waals surface area contributed by atoms with E-state index in [1.54, 1.807) is 30.5 Å². The molecule has 2 aromatic rings. The number of para-hydroxylation sites is 1. The Labute approximate surface area is 153 Å². The number of hydrogen-bond acceptors (Lipinski definition) is 3. The van der Waals surface area contributed by atoms with Gasteiger partial charge in [-0.2, -0.15) is 5.10 Å².